The lowest BCUT2D eigenvalue weighted by Crippen LogP contribution is -2.12. The molecule has 0 atom stereocenters. The first-order chi connectivity index (χ1) is 10.7. The molecule has 3 aromatic rings. The Morgan fingerprint density at radius 3 is 2.86 bits per heavy atom. The van der Waals surface area contributed by atoms with E-state index in [1.807, 2.05) is 29.7 Å². The van der Waals surface area contributed by atoms with Crippen molar-refractivity contribution in [1.82, 2.24) is 9.55 Å². The number of benzene rings is 1. The van der Waals surface area contributed by atoms with Crippen molar-refractivity contribution in [3.05, 3.63) is 65.5 Å². The van der Waals surface area contributed by atoms with E-state index in [1.54, 1.807) is 12.3 Å². The van der Waals surface area contributed by atoms with Gasteiger partial charge in [0.2, 0.25) is 0 Å². The Hall–Kier alpha value is -2.62. The van der Waals surface area contributed by atoms with Gasteiger partial charge in [-0.05, 0) is 37.6 Å². The van der Waals surface area contributed by atoms with Crippen LogP contribution >= 0.6 is 0 Å². The number of fused-ring (bicyclic) bond motifs is 1. The molecule has 0 unspecified atom stereocenters. The molecule has 0 saturated carbocycles. The second-order valence-corrected chi connectivity index (χ2v) is 5.23. The highest BCUT2D eigenvalue weighted by molar-refractivity contribution is 5.94. The maximum absolute atomic E-state index is 12.2. The van der Waals surface area contributed by atoms with E-state index in [1.165, 1.54) is 5.56 Å². The van der Waals surface area contributed by atoms with Gasteiger partial charge in [-0.15, -0.1) is 0 Å². The summed E-state index contributed by atoms with van der Waals surface area (Å²) < 4.78 is 7.14. The summed E-state index contributed by atoms with van der Waals surface area (Å²) in [6.45, 7) is 4.85. The molecule has 112 valence electrons. The van der Waals surface area contributed by atoms with E-state index < -0.39 is 0 Å². The number of carbonyl (C=O) groups is 1. The number of ether oxygens (including phenoxy) is 1. The van der Waals surface area contributed by atoms with Crippen LogP contribution in [-0.2, 0) is 11.3 Å². The highest BCUT2D eigenvalue weighted by atomic mass is 16.5. The van der Waals surface area contributed by atoms with Gasteiger partial charge < -0.3 is 9.30 Å². The van der Waals surface area contributed by atoms with Gasteiger partial charge in [0.1, 0.15) is 5.69 Å². The van der Waals surface area contributed by atoms with E-state index in [2.05, 4.69) is 30.1 Å². The van der Waals surface area contributed by atoms with E-state index in [0.717, 1.165) is 16.6 Å². The van der Waals surface area contributed by atoms with Gasteiger partial charge in [-0.25, -0.2) is 4.79 Å². The minimum absolute atomic E-state index is 0.312. The Morgan fingerprint density at radius 1 is 1.23 bits per heavy atom. The van der Waals surface area contributed by atoms with Gasteiger partial charge in [0.05, 0.1) is 17.6 Å². The molecular formula is C18H18N2O2. The normalized spacial score (nSPS) is 10.8. The Kier molecular flexibility index (Phi) is 3.92. The van der Waals surface area contributed by atoms with Gasteiger partial charge in [0.25, 0.3) is 0 Å². The van der Waals surface area contributed by atoms with Crippen molar-refractivity contribution in [3.8, 4) is 0 Å². The van der Waals surface area contributed by atoms with Gasteiger partial charge in [-0.2, -0.15) is 0 Å². The van der Waals surface area contributed by atoms with Gasteiger partial charge in [-0.1, -0.05) is 29.8 Å². The number of pyridine rings is 1. The van der Waals surface area contributed by atoms with Crippen LogP contribution in [-0.4, -0.2) is 22.1 Å². The molecule has 0 spiro atoms. The zero-order valence-electron chi connectivity index (χ0n) is 12.7. The van der Waals surface area contributed by atoms with E-state index in [0.29, 0.717) is 18.8 Å². The van der Waals surface area contributed by atoms with Crippen molar-refractivity contribution in [2.45, 2.75) is 20.4 Å². The average Bonchev–Trinajstić information content (AvgIpc) is 2.87. The minimum atomic E-state index is -0.312. The van der Waals surface area contributed by atoms with Crippen molar-refractivity contribution < 1.29 is 9.53 Å². The number of carbonyl (C=O) groups excluding carboxylic acids is 1. The van der Waals surface area contributed by atoms with Crippen molar-refractivity contribution in [1.29, 1.82) is 0 Å². The molecule has 4 nitrogen and oxygen atoms in total. The van der Waals surface area contributed by atoms with Crippen LogP contribution in [0.1, 0.15) is 28.5 Å². The van der Waals surface area contributed by atoms with Crippen LogP contribution < -0.4 is 0 Å². The first-order valence-corrected chi connectivity index (χ1v) is 7.36. The van der Waals surface area contributed by atoms with Crippen LogP contribution in [0.25, 0.3) is 11.0 Å². The number of rotatable bonds is 4. The second kappa shape index (κ2) is 6.02. The van der Waals surface area contributed by atoms with E-state index >= 15 is 0 Å². The molecule has 0 aliphatic carbocycles. The van der Waals surface area contributed by atoms with Gasteiger partial charge in [0.15, 0.2) is 0 Å². The predicted octanol–water partition coefficient (Wildman–Crippen LogP) is 3.57. The molecule has 22 heavy (non-hydrogen) atoms. The van der Waals surface area contributed by atoms with E-state index in [4.69, 9.17) is 4.74 Å². The van der Waals surface area contributed by atoms with Crippen LogP contribution in [0.4, 0.5) is 0 Å². The summed E-state index contributed by atoms with van der Waals surface area (Å²) in [5, 5.41) is 0. The maximum Gasteiger partial charge on any atom is 0.355 e. The lowest BCUT2D eigenvalue weighted by atomic mass is 10.1. The number of hydrogen-bond acceptors (Lipinski definition) is 3. The molecule has 2 aromatic heterocycles. The number of aryl methyl sites for hydroxylation is 1. The summed E-state index contributed by atoms with van der Waals surface area (Å²) >= 11 is 0. The van der Waals surface area contributed by atoms with E-state index in [-0.39, 0.29) is 5.97 Å². The summed E-state index contributed by atoms with van der Waals surface area (Å²) in [6.07, 6.45) is 1.73. The highest BCUT2D eigenvalue weighted by Crippen LogP contribution is 2.20. The zero-order chi connectivity index (χ0) is 15.5. The molecule has 2 heterocycles. The van der Waals surface area contributed by atoms with Crippen LogP contribution in [0.3, 0.4) is 0 Å². The summed E-state index contributed by atoms with van der Waals surface area (Å²) in [4.78, 5) is 16.6. The van der Waals surface area contributed by atoms with Crippen molar-refractivity contribution in [2.24, 2.45) is 0 Å². The zero-order valence-corrected chi connectivity index (χ0v) is 12.7. The Morgan fingerprint density at radius 2 is 2.09 bits per heavy atom. The lowest BCUT2D eigenvalue weighted by Gasteiger charge is -2.10. The number of esters is 1. The number of hydrogen-bond donors (Lipinski definition) is 0. The lowest BCUT2D eigenvalue weighted by molar-refractivity contribution is 0.0515. The highest BCUT2D eigenvalue weighted by Gasteiger charge is 2.17. The molecule has 1 aromatic carbocycles. The fourth-order valence-electron chi connectivity index (χ4n) is 2.62. The molecular weight excluding hydrogens is 276 g/mol. The smallest absolute Gasteiger partial charge is 0.355 e. The molecule has 3 rings (SSSR count). The van der Waals surface area contributed by atoms with Crippen molar-refractivity contribution in [3.63, 3.8) is 0 Å². The van der Waals surface area contributed by atoms with E-state index in [9.17, 15) is 4.79 Å². The van der Waals surface area contributed by atoms with Gasteiger partial charge in [0, 0.05) is 12.7 Å². The molecule has 0 radical (unpaired) electrons. The van der Waals surface area contributed by atoms with Crippen LogP contribution in [0.15, 0.2) is 48.7 Å². The molecule has 0 aliphatic rings. The van der Waals surface area contributed by atoms with Crippen molar-refractivity contribution in [2.75, 3.05) is 6.61 Å². The quantitative estimate of drug-likeness (QED) is 0.691. The molecule has 0 amide bonds. The molecule has 0 bridgehead atoms. The number of aromatic nitrogens is 2. The summed E-state index contributed by atoms with van der Waals surface area (Å²) in [5.41, 5.74) is 4.62. The minimum Gasteiger partial charge on any atom is -0.461 e. The standard InChI is InChI=1S/C18H18N2O2/c1-3-22-18(21)17-11-15-16(8-5-9-19-15)20(17)12-14-7-4-6-13(2)10-14/h4-11H,3,12H2,1-2H3. The predicted molar refractivity (Wildman–Crippen MR) is 86.0 cm³/mol. The molecule has 0 N–H and O–H groups in total. The molecule has 0 fully saturated rings. The fourth-order valence-corrected chi connectivity index (χ4v) is 2.62. The molecule has 0 saturated heterocycles. The van der Waals surface area contributed by atoms with Gasteiger partial charge in [-0.3, -0.25) is 4.98 Å². The summed E-state index contributed by atoms with van der Waals surface area (Å²) in [7, 11) is 0. The second-order valence-electron chi connectivity index (χ2n) is 5.23. The SMILES string of the molecule is CCOC(=O)c1cc2ncccc2n1Cc1cccc(C)c1. The Labute approximate surface area is 129 Å². The molecule has 4 heteroatoms. The van der Waals surface area contributed by atoms with Crippen LogP contribution in [0.5, 0.6) is 0 Å². The number of nitrogens with zero attached hydrogens (tertiary/aromatic N) is 2. The largest absolute Gasteiger partial charge is 0.461 e. The van der Waals surface area contributed by atoms with Crippen LogP contribution in [0, 0.1) is 6.92 Å². The summed E-state index contributed by atoms with van der Waals surface area (Å²) in [6, 6.07) is 13.9. The molecule has 0 aliphatic heterocycles. The van der Waals surface area contributed by atoms with Gasteiger partial charge >= 0.3 is 5.97 Å². The third kappa shape index (κ3) is 2.72. The first kappa shape index (κ1) is 14.3. The Balaban J connectivity index is 2.09. The average molecular weight is 294 g/mol. The Bertz CT molecular complexity index is 821. The first-order valence-electron chi connectivity index (χ1n) is 7.36. The third-order valence-electron chi connectivity index (χ3n) is 3.58. The maximum atomic E-state index is 12.2. The monoisotopic (exact) mass is 294 g/mol. The summed E-state index contributed by atoms with van der Waals surface area (Å²) in [5.74, 6) is -0.312. The fraction of sp³-hybridized carbons (Fsp3) is 0.222. The third-order valence-corrected chi connectivity index (χ3v) is 3.58. The topological polar surface area (TPSA) is 44.1 Å². The van der Waals surface area contributed by atoms with Crippen LogP contribution in [0.2, 0.25) is 0 Å². The van der Waals surface area contributed by atoms with Crippen molar-refractivity contribution >= 4 is 17.0 Å².